The van der Waals surface area contributed by atoms with Crippen molar-refractivity contribution < 1.29 is 9.47 Å². The summed E-state index contributed by atoms with van der Waals surface area (Å²) in [6, 6.07) is 6.57. The lowest BCUT2D eigenvalue weighted by atomic mass is 10.2. The molecule has 0 radical (unpaired) electrons. The van der Waals surface area contributed by atoms with E-state index in [2.05, 4.69) is 15.9 Å². The molecule has 2 N–H and O–H groups in total. The molecule has 20 heavy (non-hydrogen) atoms. The zero-order chi connectivity index (χ0) is 13.9. The number of ether oxygens (including phenoxy) is 2. The minimum atomic E-state index is 0.625. The van der Waals surface area contributed by atoms with E-state index in [1.807, 2.05) is 12.1 Å². The molecule has 2 fully saturated rings. The molecule has 1 aromatic carbocycles. The van der Waals surface area contributed by atoms with Gasteiger partial charge >= 0.3 is 0 Å². The maximum atomic E-state index is 6.15. The van der Waals surface area contributed by atoms with Gasteiger partial charge in [0, 0.05) is 38.3 Å². The molecular formula is C15H23N3O2. The average Bonchev–Trinajstić information content (AvgIpc) is 2.97. The lowest BCUT2D eigenvalue weighted by molar-refractivity contribution is 0.0209. The molecule has 0 saturated carbocycles. The van der Waals surface area contributed by atoms with Crippen LogP contribution in [-0.2, 0) is 4.74 Å². The third kappa shape index (κ3) is 2.69. The normalized spacial score (nSPS) is 24.1. The van der Waals surface area contributed by atoms with Crippen LogP contribution in [0.1, 0.15) is 6.42 Å². The van der Waals surface area contributed by atoms with Gasteiger partial charge in [-0.2, -0.15) is 0 Å². The molecule has 1 atom stereocenters. The number of rotatable bonds is 3. The number of methoxy groups -OCH3 is 1. The van der Waals surface area contributed by atoms with Crippen LogP contribution in [0.15, 0.2) is 18.2 Å². The Morgan fingerprint density at radius 1 is 1.25 bits per heavy atom. The summed E-state index contributed by atoms with van der Waals surface area (Å²) in [5, 5.41) is 0. The van der Waals surface area contributed by atoms with Crippen LogP contribution in [0.25, 0.3) is 0 Å². The number of nitrogen functional groups attached to an aromatic ring is 1. The van der Waals surface area contributed by atoms with Crippen molar-refractivity contribution in [3.8, 4) is 5.75 Å². The van der Waals surface area contributed by atoms with Gasteiger partial charge in [0.2, 0.25) is 0 Å². The van der Waals surface area contributed by atoms with Gasteiger partial charge in [0.05, 0.1) is 31.7 Å². The van der Waals surface area contributed by atoms with E-state index < -0.39 is 0 Å². The zero-order valence-corrected chi connectivity index (χ0v) is 12.0. The van der Waals surface area contributed by atoms with E-state index in [1.165, 1.54) is 6.42 Å². The van der Waals surface area contributed by atoms with E-state index in [4.69, 9.17) is 15.2 Å². The van der Waals surface area contributed by atoms with Gasteiger partial charge in [0.1, 0.15) is 5.75 Å². The van der Waals surface area contributed by atoms with E-state index in [0.717, 1.165) is 56.5 Å². The smallest absolute Gasteiger partial charge is 0.121 e. The van der Waals surface area contributed by atoms with Crippen molar-refractivity contribution in [3.63, 3.8) is 0 Å². The highest BCUT2D eigenvalue weighted by Gasteiger charge is 2.29. The molecular weight excluding hydrogens is 254 g/mol. The highest BCUT2D eigenvalue weighted by molar-refractivity contribution is 5.70. The second-order valence-electron chi connectivity index (χ2n) is 5.46. The molecule has 3 rings (SSSR count). The molecule has 0 amide bonds. The summed E-state index contributed by atoms with van der Waals surface area (Å²) in [4.78, 5) is 4.93. The van der Waals surface area contributed by atoms with Crippen LogP contribution in [0.4, 0.5) is 11.4 Å². The molecule has 2 aliphatic rings. The van der Waals surface area contributed by atoms with Gasteiger partial charge in [-0.05, 0) is 18.6 Å². The van der Waals surface area contributed by atoms with Crippen LogP contribution in [-0.4, -0.2) is 57.4 Å². The van der Waals surface area contributed by atoms with Gasteiger partial charge in [-0.25, -0.2) is 0 Å². The fraction of sp³-hybridized carbons (Fsp3) is 0.600. The van der Waals surface area contributed by atoms with Crippen molar-refractivity contribution >= 4 is 11.4 Å². The number of nitrogens with zero attached hydrogens (tertiary/aromatic N) is 2. The van der Waals surface area contributed by atoms with Gasteiger partial charge < -0.3 is 20.1 Å². The average molecular weight is 277 g/mol. The predicted molar refractivity (Wildman–Crippen MR) is 80.4 cm³/mol. The highest BCUT2D eigenvalue weighted by atomic mass is 16.5. The topological polar surface area (TPSA) is 51.0 Å². The Morgan fingerprint density at radius 2 is 2.05 bits per heavy atom. The first kappa shape index (κ1) is 13.5. The van der Waals surface area contributed by atoms with Gasteiger partial charge in [0.25, 0.3) is 0 Å². The summed E-state index contributed by atoms with van der Waals surface area (Å²) in [6.07, 6.45) is 1.20. The standard InChI is InChI=1S/C15H23N3O2/c1-19-13-2-3-15(14(16)10-13)18-5-4-12(11-18)17-6-8-20-9-7-17/h2-3,10,12H,4-9,11,16H2,1H3. The molecule has 2 aliphatic heterocycles. The number of hydrogen-bond acceptors (Lipinski definition) is 5. The van der Waals surface area contributed by atoms with Gasteiger partial charge in [-0.3, -0.25) is 4.90 Å². The van der Waals surface area contributed by atoms with E-state index in [-0.39, 0.29) is 0 Å². The Labute approximate surface area is 120 Å². The fourth-order valence-electron chi connectivity index (χ4n) is 3.15. The molecule has 110 valence electrons. The molecule has 0 bridgehead atoms. The van der Waals surface area contributed by atoms with E-state index >= 15 is 0 Å². The second kappa shape index (κ2) is 5.89. The first-order valence-corrected chi connectivity index (χ1v) is 7.28. The van der Waals surface area contributed by atoms with E-state index in [1.54, 1.807) is 7.11 Å². The number of morpholine rings is 1. The Balaban J connectivity index is 1.67. The van der Waals surface area contributed by atoms with Crippen LogP contribution in [0.5, 0.6) is 5.75 Å². The Kier molecular flexibility index (Phi) is 3.98. The fourth-order valence-corrected chi connectivity index (χ4v) is 3.15. The van der Waals surface area contributed by atoms with Gasteiger partial charge in [-0.15, -0.1) is 0 Å². The number of benzene rings is 1. The Bertz CT molecular complexity index is 460. The van der Waals surface area contributed by atoms with Crippen molar-refractivity contribution in [2.75, 3.05) is 57.1 Å². The molecule has 1 unspecified atom stereocenters. The molecule has 0 aliphatic carbocycles. The molecule has 0 aromatic heterocycles. The number of nitrogens with two attached hydrogens (primary N) is 1. The maximum absolute atomic E-state index is 6.15. The lowest BCUT2D eigenvalue weighted by Crippen LogP contribution is -2.44. The zero-order valence-electron chi connectivity index (χ0n) is 12.0. The van der Waals surface area contributed by atoms with E-state index in [0.29, 0.717) is 6.04 Å². The van der Waals surface area contributed by atoms with Crippen molar-refractivity contribution in [1.82, 2.24) is 4.90 Å². The summed E-state index contributed by atoms with van der Waals surface area (Å²) in [6.45, 7) is 5.95. The Hall–Kier alpha value is -1.46. The molecule has 5 heteroatoms. The number of hydrogen-bond donors (Lipinski definition) is 1. The summed E-state index contributed by atoms with van der Waals surface area (Å²) in [7, 11) is 1.67. The quantitative estimate of drug-likeness (QED) is 0.841. The van der Waals surface area contributed by atoms with Crippen molar-refractivity contribution in [2.24, 2.45) is 0 Å². The highest BCUT2D eigenvalue weighted by Crippen LogP contribution is 2.31. The molecule has 5 nitrogen and oxygen atoms in total. The third-order valence-corrected chi connectivity index (χ3v) is 4.30. The monoisotopic (exact) mass is 277 g/mol. The molecule has 1 aromatic rings. The first-order chi connectivity index (χ1) is 9.78. The Morgan fingerprint density at radius 3 is 2.75 bits per heavy atom. The summed E-state index contributed by atoms with van der Waals surface area (Å²) >= 11 is 0. The molecule has 2 saturated heterocycles. The molecule has 0 spiro atoms. The van der Waals surface area contributed by atoms with Crippen LogP contribution in [0.2, 0.25) is 0 Å². The largest absolute Gasteiger partial charge is 0.497 e. The van der Waals surface area contributed by atoms with Crippen LogP contribution in [0.3, 0.4) is 0 Å². The van der Waals surface area contributed by atoms with Crippen LogP contribution in [0, 0.1) is 0 Å². The second-order valence-corrected chi connectivity index (χ2v) is 5.46. The summed E-state index contributed by atoms with van der Waals surface area (Å²) in [5.74, 6) is 0.815. The lowest BCUT2D eigenvalue weighted by Gasteiger charge is -2.32. The van der Waals surface area contributed by atoms with Gasteiger partial charge in [0.15, 0.2) is 0 Å². The maximum Gasteiger partial charge on any atom is 0.121 e. The number of anilines is 2. The van der Waals surface area contributed by atoms with Crippen molar-refractivity contribution in [1.29, 1.82) is 0 Å². The van der Waals surface area contributed by atoms with E-state index in [9.17, 15) is 0 Å². The van der Waals surface area contributed by atoms with Crippen LogP contribution >= 0.6 is 0 Å². The third-order valence-electron chi connectivity index (χ3n) is 4.30. The SMILES string of the molecule is COc1ccc(N2CCC(N3CCOCC3)C2)c(N)c1. The first-order valence-electron chi connectivity index (χ1n) is 7.28. The molecule has 2 heterocycles. The van der Waals surface area contributed by atoms with Crippen LogP contribution < -0.4 is 15.4 Å². The minimum Gasteiger partial charge on any atom is -0.497 e. The predicted octanol–water partition coefficient (Wildman–Crippen LogP) is 1.19. The van der Waals surface area contributed by atoms with Crippen molar-refractivity contribution in [3.05, 3.63) is 18.2 Å². The minimum absolute atomic E-state index is 0.625. The summed E-state index contributed by atoms with van der Waals surface area (Å²) < 4.78 is 10.6. The van der Waals surface area contributed by atoms with Crippen molar-refractivity contribution in [2.45, 2.75) is 12.5 Å². The van der Waals surface area contributed by atoms with Gasteiger partial charge in [-0.1, -0.05) is 0 Å². The summed E-state index contributed by atoms with van der Waals surface area (Å²) in [5.41, 5.74) is 8.07.